The first-order valence-corrected chi connectivity index (χ1v) is 8.35. The molecule has 9 heteroatoms. The molecule has 3 rings (SSSR count). The maximum absolute atomic E-state index is 12.2. The summed E-state index contributed by atoms with van der Waals surface area (Å²) in [6, 6.07) is 9.79. The number of anilines is 1. The highest BCUT2D eigenvalue weighted by Crippen LogP contribution is 2.15. The summed E-state index contributed by atoms with van der Waals surface area (Å²) in [5.41, 5.74) is 3.82. The molecule has 0 unspecified atom stereocenters. The number of hydrogen-bond donors (Lipinski definition) is 3. The van der Waals surface area contributed by atoms with Gasteiger partial charge in [0.25, 0.3) is 5.56 Å². The number of aliphatic hydroxyl groups is 1. The van der Waals surface area contributed by atoms with Crippen molar-refractivity contribution in [2.45, 2.75) is 13.5 Å². The number of benzene rings is 1. The molecule has 0 saturated heterocycles. The summed E-state index contributed by atoms with van der Waals surface area (Å²) in [7, 11) is 1.51. The number of aryl methyl sites for hydroxylation is 1. The van der Waals surface area contributed by atoms with E-state index in [0.29, 0.717) is 5.71 Å². The summed E-state index contributed by atoms with van der Waals surface area (Å²) in [5.74, 6) is 0.262. The van der Waals surface area contributed by atoms with Gasteiger partial charge >= 0.3 is 5.69 Å². The molecule has 2 heterocycles. The maximum Gasteiger partial charge on any atom is 0.329 e. The monoisotopic (exact) mass is 368 g/mol. The molecule has 0 aliphatic carbocycles. The van der Waals surface area contributed by atoms with Crippen molar-refractivity contribution in [3.8, 4) is 0 Å². The van der Waals surface area contributed by atoms with Crippen LogP contribution in [0.15, 0.2) is 51.1 Å². The van der Waals surface area contributed by atoms with Crippen LogP contribution < -0.4 is 16.7 Å². The molecule has 9 nitrogen and oxygen atoms in total. The van der Waals surface area contributed by atoms with Gasteiger partial charge in [0.05, 0.1) is 12.3 Å². The largest absolute Gasteiger partial charge is 0.395 e. The Morgan fingerprint density at radius 2 is 2.07 bits per heavy atom. The molecule has 3 N–H and O–H groups in total. The number of aliphatic hydroxyl groups excluding tert-OH is 1. The van der Waals surface area contributed by atoms with Crippen LogP contribution in [0.5, 0.6) is 0 Å². The molecule has 0 amide bonds. The van der Waals surface area contributed by atoms with E-state index in [9.17, 15) is 14.7 Å². The van der Waals surface area contributed by atoms with E-state index in [1.165, 1.54) is 16.2 Å². The number of allylic oxidation sites excluding steroid dienone is 1. The van der Waals surface area contributed by atoms with Gasteiger partial charge in [0.15, 0.2) is 11.2 Å². The molecule has 27 heavy (non-hydrogen) atoms. The van der Waals surface area contributed by atoms with Gasteiger partial charge in [-0.05, 0) is 18.6 Å². The van der Waals surface area contributed by atoms with Gasteiger partial charge < -0.3 is 9.67 Å². The van der Waals surface area contributed by atoms with E-state index in [1.54, 1.807) is 0 Å². The molecule has 1 aromatic carbocycles. The van der Waals surface area contributed by atoms with Gasteiger partial charge in [0.1, 0.15) is 0 Å². The number of imidazole rings is 1. The SMILES string of the molecule is CC(C=Cc1ccccc1)=NNc1nc2c(c(=O)[nH]c(=O)n2C)n1CCO. The average molecular weight is 368 g/mol. The minimum absolute atomic E-state index is 0.133. The van der Waals surface area contributed by atoms with Gasteiger partial charge in [-0.25, -0.2) is 10.2 Å². The Balaban J connectivity index is 1.94. The van der Waals surface area contributed by atoms with Crippen LogP contribution in [0.2, 0.25) is 0 Å². The van der Waals surface area contributed by atoms with Crippen molar-refractivity contribution < 1.29 is 5.11 Å². The molecular weight excluding hydrogens is 348 g/mol. The smallest absolute Gasteiger partial charge is 0.329 e. The van der Waals surface area contributed by atoms with Crippen LogP contribution in [-0.4, -0.2) is 36.5 Å². The Labute approximate surface area is 154 Å². The van der Waals surface area contributed by atoms with Crippen LogP contribution in [0.4, 0.5) is 5.95 Å². The van der Waals surface area contributed by atoms with Gasteiger partial charge in [-0.15, -0.1) is 0 Å². The highest BCUT2D eigenvalue weighted by atomic mass is 16.3. The van der Waals surface area contributed by atoms with E-state index in [2.05, 4.69) is 20.5 Å². The first-order chi connectivity index (χ1) is 13.0. The summed E-state index contributed by atoms with van der Waals surface area (Å²) >= 11 is 0. The number of aromatic amines is 1. The van der Waals surface area contributed by atoms with Crippen LogP contribution in [0.3, 0.4) is 0 Å². The fourth-order valence-electron chi connectivity index (χ4n) is 2.59. The van der Waals surface area contributed by atoms with Crippen molar-refractivity contribution in [1.82, 2.24) is 19.1 Å². The Morgan fingerprint density at radius 3 is 2.78 bits per heavy atom. The number of nitrogens with one attached hydrogen (secondary N) is 2. The van der Waals surface area contributed by atoms with E-state index < -0.39 is 11.2 Å². The molecule has 0 bridgehead atoms. The lowest BCUT2D eigenvalue weighted by molar-refractivity contribution is 0.278. The number of nitrogens with zero attached hydrogens (tertiary/aromatic N) is 4. The van der Waals surface area contributed by atoms with E-state index in [1.807, 2.05) is 49.4 Å². The van der Waals surface area contributed by atoms with Crippen LogP contribution in [-0.2, 0) is 13.6 Å². The van der Waals surface area contributed by atoms with Gasteiger partial charge in [0.2, 0.25) is 5.95 Å². The highest BCUT2D eigenvalue weighted by molar-refractivity contribution is 5.96. The molecule has 0 spiro atoms. The van der Waals surface area contributed by atoms with Gasteiger partial charge in [0, 0.05) is 13.6 Å². The molecule has 140 valence electrons. The molecule has 0 aliphatic heterocycles. The van der Waals surface area contributed by atoms with Crippen LogP contribution in [0.25, 0.3) is 17.2 Å². The minimum atomic E-state index is -0.563. The van der Waals surface area contributed by atoms with E-state index in [4.69, 9.17) is 0 Å². The summed E-state index contributed by atoms with van der Waals surface area (Å²) in [5, 5.41) is 13.6. The van der Waals surface area contributed by atoms with Crippen molar-refractivity contribution >= 4 is 28.9 Å². The number of fused-ring (bicyclic) bond motifs is 1. The Bertz CT molecular complexity index is 1120. The predicted octanol–water partition coefficient (Wildman–Crippen LogP) is 0.917. The second-order valence-corrected chi connectivity index (χ2v) is 5.91. The second kappa shape index (κ2) is 7.83. The minimum Gasteiger partial charge on any atom is -0.395 e. The quantitative estimate of drug-likeness (QED) is 0.442. The predicted molar refractivity (Wildman–Crippen MR) is 105 cm³/mol. The molecule has 0 radical (unpaired) electrons. The third-order valence-corrected chi connectivity index (χ3v) is 3.98. The lowest BCUT2D eigenvalue weighted by atomic mass is 10.2. The van der Waals surface area contributed by atoms with Crippen LogP contribution in [0.1, 0.15) is 12.5 Å². The summed E-state index contributed by atoms with van der Waals surface area (Å²) in [6.45, 7) is 1.75. The maximum atomic E-state index is 12.2. The summed E-state index contributed by atoms with van der Waals surface area (Å²) in [4.78, 5) is 30.5. The molecule has 3 aromatic rings. The molecule has 2 aromatic heterocycles. The Kier molecular flexibility index (Phi) is 5.32. The molecule has 0 aliphatic rings. The lowest BCUT2D eigenvalue weighted by Crippen LogP contribution is -2.29. The third-order valence-electron chi connectivity index (χ3n) is 3.98. The number of H-pyrrole nitrogens is 1. The number of hydrazone groups is 1. The van der Waals surface area contributed by atoms with Crippen molar-refractivity contribution in [3.63, 3.8) is 0 Å². The fourth-order valence-corrected chi connectivity index (χ4v) is 2.59. The van der Waals surface area contributed by atoms with E-state index in [-0.39, 0.29) is 30.3 Å². The normalized spacial score (nSPS) is 12.2. The fraction of sp³-hybridized carbons (Fsp3) is 0.222. The standard InChI is InChI=1S/C18H20N6O3/c1-12(8-9-13-6-4-3-5-7-13)21-22-17-19-15-14(24(17)10-11-25)16(26)20-18(27)23(15)2/h3-9,25H,10-11H2,1-2H3,(H,19,22)(H,20,26,27). The first-order valence-electron chi connectivity index (χ1n) is 8.35. The van der Waals surface area contributed by atoms with Crippen molar-refractivity contribution in [3.05, 3.63) is 62.8 Å². The van der Waals surface area contributed by atoms with E-state index in [0.717, 1.165) is 5.56 Å². The van der Waals surface area contributed by atoms with Gasteiger partial charge in [-0.3, -0.25) is 14.3 Å². The van der Waals surface area contributed by atoms with Crippen molar-refractivity contribution in [1.29, 1.82) is 0 Å². The van der Waals surface area contributed by atoms with Crippen molar-refractivity contribution in [2.24, 2.45) is 12.1 Å². The zero-order chi connectivity index (χ0) is 19.4. The van der Waals surface area contributed by atoms with Crippen molar-refractivity contribution in [2.75, 3.05) is 12.0 Å². The van der Waals surface area contributed by atoms with Gasteiger partial charge in [-0.2, -0.15) is 10.1 Å². The average Bonchev–Trinajstić information content (AvgIpc) is 3.03. The molecule has 0 atom stereocenters. The van der Waals surface area contributed by atoms with E-state index >= 15 is 0 Å². The zero-order valence-electron chi connectivity index (χ0n) is 15.0. The number of hydrogen-bond acceptors (Lipinski definition) is 6. The summed E-state index contributed by atoms with van der Waals surface area (Å²) < 4.78 is 2.73. The third kappa shape index (κ3) is 3.87. The summed E-state index contributed by atoms with van der Waals surface area (Å²) in [6.07, 6.45) is 3.76. The molecule has 0 fully saturated rings. The number of rotatable bonds is 6. The Morgan fingerprint density at radius 1 is 1.33 bits per heavy atom. The zero-order valence-corrected chi connectivity index (χ0v) is 15.0. The Hall–Kier alpha value is -3.46. The van der Waals surface area contributed by atoms with Gasteiger partial charge in [-0.1, -0.05) is 36.4 Å². The van der Waals surface area contributed by atoms with Crippen LogP contribution in [0, 0.1) is 0 Å². The molecule has 0 saturated carbocycles. The highest BCUT2D eigenvalue weighted by Gasteiger charge is 2.16. The topological polar surface area (TPSA) is 117 Å². The first kappa shape index (κ1) is 18.3. The number of aromatic nitrogens is 4. The second-order valence-electron chi connectivity index (χ2n) is 5.91. The van der Waals surface area contributed by atoms with Crippen LogP contribution >= 0.6 is 0 Å². The lowest BCUT2D eigenvalue weighted by Gasteiger charge is -2.06. The molecular formula is C18H20N6O3.